The second kappa shape index (κ2) is 14.1. The van der Waals surface area contributed by atoms with Gasteiger partial charge in [-0.15, -0.1) is 0 Å². The zero-order valence-corrected chi connectivity index (χ0v) is 26.5. The van der Waals surface area contributed by atoms with Gasteiger partial charge in [0.15, 0.2) is 0 Å². The van der Waals surface area contributed by atoms with Crippen LogP contribution in [0.3, 0.4) is 0 Å². The molecular weight excluding hydrogens is 649 g/mol. The van der Waals surface area contributed by atoms with Crippen molar-refractivity contribution in [3.63, 3.8) is 0 Å². The molecule has 7 nitrogen and oxygen atoms in total. The number of carbonyl (C=O) groups excluding carboxylic acids is 2. The predicted octanol–water partition coefficient (Wildman–Crippen LogP) is 6.22. The van der Waals surface area contributed by atoms with Crippen molar-refractivity contribution < 1.29 is 18.0 Å². The third kappa shape index (κ3) is 8.95. The quantitative estimate of drug-likeness (QED) is 0.261. The van der Waals surface area contributed by atoms with Crippen LogP contribution < -0.4 is 9.62 Å². The van der Waals surface area contributed by atoms with Gasteiger partial charge in [0.2, 0.25) is 21.8 Å². The van der Waals surface area contributed by atoms with Crippen molar-refractivity contribution >= 4 is 66.7 Å². The zero-order valence-electron chi connectivity index (χ0n) is 22.6. The molecular formula is C30H32BrCl2N3O4S. The van der Waals surface area contributed by atoms with E-state index in [1.165, 1.54) is 23.1 Å². The lowest BCUT2D eigenvalue weighted by atomic mass is 10.0. The molecule has 0 aliphatic heterocycles. The van der Waals surface area contributed by atoms with Crippen LogP contribution >= 0.6 is 39.1 Å². The molecule has 3 aromatic carbocycles. The summed E-state index contributed by atoms with van der Waals surface area (Å²) in [4.78, 5) is 29.5. The Morgan fingerprint density at radius 3 is 2.20 bits per heavy atom. The molecule has 4 rings (SSSR count). The highest BCUT2D eigenvalue weighted by molar-refractivity contribution is 9.10. The number of nitrogens with zero attached hydrogens (tertiary/aromatic N) is 2. The molecule has 1 aliphatic rings. The van der Waals surface area contributed by atoms with Gasteiger partial charge in [0.1, 0.15) is 12.6 Å². The third-order valence-corrected chi connectivity index (χ3v) is 9.10. The van der Waals surface area contributed by atoms with Crippen LogP contribution in [-0.4, -0.2) is 50.0 Å². The van der Waals surface area contributed by atoms with E-state index in [1.807, 2.05) is 54.6 Å². The number of benzene rings is 3. The summed E-state index contributed by atoms with van der Waals surface area (Å²) in [5.41, 5.74) is 1.83. The Kier molecular flexibility index (Phi) is 10.7. The Bertz CT molecular complexity index is 1460. The number of hydrogen-bond donors (Lipinski definition) is 1. The number of halogens is 3. The van der Waals surface area contributed by atoms with Crippen LogP contribution in [0, 0.1) is 0 Å². The van der Waals surface area contributed by atoms with Crippen molar-refractivity contribution in [3.05, 3.63) is 98.4 Å². The Hall–Kier alpha value is -2.59. The maximum atomic E-state index is 14.2. The van der Waals surface area contributed by atoms with Crippen LogP contribution in [-0.2, 0) is 32.6 Å². The Morgan fingerprint density at radius 1 is 0.951 bits per heavy atom. The first-order chi connectivity index (χ1) is 19.5. The number of amides is 2. The Balaban J connectivity index is 1.74. The van der Waals surface area contributed by atoms with Gasteiger partial charge in [-0.2, -0.15) is 0 Å². The normalized spacial score (nSPS) is 14.4. The molecule has 1 aliphatic carbocycles. The van der Waals surface area contributed by atoms with Gasteiger partial charge in [-0.3, -0.25) is 13.9 Å². The monoisotopic (exact) mass is 679 g/mol. The molecule has 0 unspecified atom stereocenters. The summed E-state index contributed by atoms with van der Waals surface area (Å²) in [7, 11) is -3.92. The van der Waals surface area contributed by atoms with E-state index < -0.39 is 28.5 Å². The van der Waals surface area contributed by atoms with Crippen molar-refractivity contribution in [2.45, 2.75) is 50.7 Å². The number of carbonyl (C=O) groups is 2. The number of anilines is 1. The van der Waals surface area contributed by atoms with Crippen molar-refractivity contribution in [1.29, 1.82) is 0 Å². The summed E-state index contributed by atoms with van der Waals surface area (Å²) in [5.74, 6) is -0.796. The first kappa shape index (κ1) is 31.3. The van der Waals surface area contributed by atoms with E-state index in [2.05, 4.69) is 21.2 Å². The maximum Gasteiger partial charge on any atom is 0.244 e. The first-order valence-corrected chi connectivity index (χ1v) is 16.7. The molecule has 1 N–H and O–H groups in total. The number of rotatable bonds is 11. The molecule has 11 heteroatoms. The molecule has 1 saturated carbocycles. The fourth-order valence-corrected chi connectivity index (χ4v) is 6.84. The predicted molar refractivity (Wildman–Crippen MR) is 168 cm³/mol. The van der Waals surface area contributed by atoms with Crippen LogP contribution in [0.15, 0.2) is 77.3 Å². The molecule has 0 saturated heterocycles. The van der Waals surface area contributed by atoms with Gasteiger partial charge in [-0.25, -0.2) is 8.42 Å². The van der Waals surface area contributed by atoms with E-state index in [9.17, 15) is 18.0 Å². The molecule has 41 heavy (non-hydrogen) atoms. The smallest absolute Gasteiger partial charge is 0.244 e. The molecule has 0 radical (unpaired) electrons. The SMILES string of the molecule is CS(=O)(=O)N(CC(=O)N(Cc1cccc(Br)c1)[C@H](Cc1ccccc1)C(=O)NC1CCCC1)c1cc(Cl)cc(Cl)c1. The fraction of sp³-hybridized carbons (Fsp3) is 0.333. The van der Waals surface area contributed by atoms with Crippen LogP contribution in [0.2, 0.25) is 10.0 Å². The van der Waals surface area contributed by atoms with Gasteiger partial charge in [0.05, 0.1) is 11.9 Å². The minimum atomic E-state index is -3.92. The molecule has 0 spiro atoms. The molecule has 2 amide bonds. The number of nitrogens with one attached hydrogen (secondary N) is 1. The second-order valence-electron chi connectivity index (χ2n) is 10.2. The minimum Gasteiger partial charge on any atom is -0.352 e. The van der Waals surface area contributed by atoms with Gasteiger partial charge >= 0.3 is 0 Å². The highest BCUT2D eigenvalue weighted by Crippen LogP contribution is 2.28. The van der Waals surface area contributed by atoms with Crippen LogP contribution in [0.4, 0.5) is 5.69 Å². The molecule has 218 valence electrons. The van der Waals surface area contributed by atoms with Gasteiger partial charge in [0, 0.05) is 33.5 Å². The number of sulfonamides is 1. The van der Waals surface area contributed by atoms with Gasteiger partial charge in [-0.05, 0) is 54.3 Å². The Morgan fingerprint density at radius 2 is 1.59 bits per heavy atom. The third-order valence-electron chi connectivity index (χ3n) is 7.03. The van der Waals surface area contributed by atoms with E-state index >= 15 is 0 Å². The summed E-state index contributed by atoms with van der Waals surface area (Å²) in [6.45, 7) is -0.437. The van der Waals surface area contributed by atoms with Gasteiger partial charge in [-0.1, -0.05) is 94.4 Å². The molecule has 3 aromatic rings. The van der Waals surface area contributed by atoms with E-state index in [0.717, 1.165) is 51.8 Å². The fourth-order valence-electron chi connectivity index (χ4n) is 5.05. The van der Waals surface area contributed by atoms with E-state index in [0.29, 0.717) is 0 Å². The summed E-state index contributed by atoms with van der Waals surface area (Å²) in [6.07, 6.45) is 5.14. The summed E-state index contributed by atoms with van der Waals surface area (Å²) < 4.78 is 27.6. The lowest BCUT2D eigenvalue weighted by Crippen LogP contribution is -2.54. The van der Waals surface area contributed by atoms with Crippen molar-refractivity contribution in [1.82, 2.24) is 10.2 Å². The summed E-state index contributed by atoms with van der Waals surface area (Å²) >= 11 is 15.8. The van der Waals surface area contributed by atoms with Crippen LogP contribution in [0.25, 0.3) is 0 Å². The van der Waals surface area contributed by atoms with E-state index in [-0.39, 0.29) is 40.6 Å². The van der Waals surface area contributed by atoms with E-state index in [4.69, 9.17) is 23.2 Å². The standard InChI is InChI=1S/C30H32BrCl2N3O4S/c1-41(39,40)36(27-17-24(32)16-25(33)18-27)20-29(37)35(19-22-10-7-11-23(31)14-22)28(15-21-8-3-2-4-9-21)30(38)34-26-12-5-6-13-26/h2-4,7-11,14,16-18,26,28H,5-6,12-13,15,19-20H2,1H3,(H,34,38)/t28-/m1/s1. The van der Waals surface area contributed by atoms with E-state index in [1.54, 1.807) is 0 Å². The average Bonchev–Trinajstić information content (AvgIpc) is 3.41. The lowest BCUT2D eigenvalue weighted by molar-refractivity contribution is -0.140. The topological polar surface area (TPSA) is 86.8 Å². The summed E-state index contributed by atoms with van der Waals surface area (Å²) in [5, 5.41) is 3.62. The molecule has 0 bridgehead atoms. The highest BCUT2D eigenvalue weighted by atomic mass is 79.9. The molecule has 1 atom stereocenters. The van der Waals surface area contributed by atoms with Crippen molar-refractivity contribution in [2.24, 2.45) is 0 Å². The van der Waals surface area contributed by atoms with Crippen LogP contribution in [0.5, 0.6) is 0 Å². The largest absolute Gasteiger partial charge is 0.352 e. The number of hydrogen-bond acceptors (Lipinski definition) is 4. The maximum absolute atomic E-state index is 14.2. The van der Waals surface area contributed by atoms with Gasteiger partial charge in [0.25, 0.3) is 0 Å². The zero-order chi connectivity index (χ0) is 29.6. The highest BCUT2D eigenvalue weighted by Gasteiger charge is 2.34. The molecule has 0 heterocycles. The van der Waals surface area contributed by atoms with Crippen LogP contribution in [0.1, 0.15) is 36.8 Å². The lowest BCUT2D eigenvalue weighted by Gasteiger charge is -2.34. The second-order valence-corrected chi connectivity index (χ2v) is 13.9. The minimum absolute atomic E-state index is 0.0460. The first-order valence-electron chi connectivity index (χ1n) is 13.3. The van der Waals surface area contributed by atoms with Crippen molar-refractivity contribution in [2.75, 3.05) is 17.1 Å². The van der Waals surface area contributed by atoms with Gasteiger partial charge < -0.3 is 10.2 Å². The molecule has 0 aromatic heterocycles. The molecule has 1 fully saturated rings. The summed E-state index contributed by atoms with van der Waals surface area (Å²) in [6, 6.07) is 20.5. The average molecular weight is 681 g/mol. The van der Waals surface area contributed by atoms with Crippen molar-refractivity contribution in [3.8, 4) is 0 Å². The Labute approximate surface area is 260 Å².